The molecule has 2 aliphatic rings. The number of hydrogen-bond donors (Lipinski definition) is 1. The topological polar surface area (TPSA) is 77.1 Å². The summed E-state index contributed by atoms with van der Waals surface area (Å²) in [7, 11) is -1.83. The summed E-state index contributed by atoms with van der Waals surface area (Å²) in [6.07, 6.45) is 1.80. The van der Waals surface area contributed by atoms with Crippen LogP contribution in [0.1, 0.15) is 28.8 Å². The summed E-state index contributed by atoms with van der Waals surface area (Å²) >= 11 is 0. The van der Waals surface area contributed by atoms with Crippen LogP contribution >= 0.6 is 10.5 Å². The fourth-order valence-corrected chi connectivity index (χ4v) is 4.83. The Balaban J connectivity index is 1.63. The molecule has 2 aliphatic heterocycles. The molecule has 0 aliphatic carbocycles. The molecule has 2 amide bonds. The Morgan fingerprint density at radius 2 is 2.10 bits per heavy atom. The second-order valence-corrected chi connectivity index (χ2v) is 9.83. The summed E-state index contributed by atoms with van der Waals surface area (Å²) in [6, 6.07) is 10.9. The van der Waals surface area contributed by atoms with Gasteiger partial charge in [0.25, 0.3) is 5.91 Å². The summed E-state index contributed by atoms with van der Waals surface area (Å²) in [5.41, 5.74) is 2.08. The molecule has 30 heavy (non-hydrogen) atoms. The van der Waals surface area contributed by atoms with E-state index in [0.29, 0.717) is 34.9 Å². The van der Waals surface area contributed by atoms with Gasteiger partial charge in [-0.3, -0.25) is 19.2 Å². The van der Waals surface area contributed by atoms with Crippen LogP contribution < -0.4 is 14.4 Å². The van der Waals surface area contributed by atoms with Crippen LogP contribution in [0.3, 0.4) is 0 Å². The first-order valence-corrected chi connectivity index (χ1v) is 11.3. The average molecular weight is 438 g/mol. The first-order chi connectivity index (χ1) is 14.3. The van der Waals surface area contributed by atoms with Gasteiger partial charge in [0.1, 0.15) is 5.75 Å². The Kier molecular flexibility index (Phi) is 5.39. The van der Waals surface area contributed by atoms with Gasteiger partial charge in [0.2, 0.25) is 5.91 Å². The monoisotopic (exact) mass is 438 g/mol. The minimum Gasteiger partial charge on any atom is -0.435 e. The number of amides is 2. The SMILES string of the molecule is CC1C(=O)N(c2cccc(OC(F)F)c2)c2ccc(C(=O)NS3(C)CCOO3)cc21. The van der Waals surface area contributed by atoms with E-state index in [2.05, 4.69) is 9.46 Å². The molecule has 0 spiro atoms. The summed E-state index contributed by atoms with van der Waals surface area (Å²) in [5, 5.41) is 0. The normalized spacial score (nSPS) is 25.2. The summed E-state index contributed by atoms with van der Waals surface area (Å²) < 4.78 is 37.6. The van der Waals surface area contributed by atoms with Crippen molar-refractivity contribution in [1.82, 2.24) is 4.72 Å². The fourth-order valence-electron chi connectivity index (χ4n) is 3.45. The molecule has 160 valence electrons. The van der Waals surface area contributed by atoms with Crippen molar-refractivity contribution in [2.45, 2.75) is 19.5 Å². The third kappa shape index (κ3) is 3.85. The molecule has 0 radical (unpaired) electrons. The van der Waals surface area contributed by atoms with Crippen LogP contribution in [0, 0.1) is 0 Å². The van der Waals surface area contributed by atoms with Gasteiger partial charge in [0.15, 0.2) is 0 Å². The molecule has 4 rings (SSSR count). The Bertz CT molecular complexity index is 997. The van der Waals surface area contributed by atoms with Gasteiger partial charge < -0.3 is 4.74 Å². The molecule has 0 saturated carbocycles. The zero-order valence-electron chi connectivity index (χ0n) is 16.3. The number of rotatable bonds is 5. The number of fused-ring (bicyclic) bond motifs is 1. The minimum atomic E-state index is -2.96. The Hall–Kier alpha value is -2.69. The van der Waals surface area contributed by atoms with E-state index >= 15 is 0 Å². The van der Waals surface area contributed by atoms with Crippen molar-refractivity contribution in [3.05, 3.63) is 53.6 Å². The number of halogens is 2. The predicted molar refractivity (Wildman–Crippen MR) is 108 cm³/mol. The Labute approximate surface area is 173 Å². The molecular weight excluding hydrogens is 418 g/mol. The van der Waals surface area contributed by atoms with Gasteiger partial charge in [-0.25, -0.2) is 4.89 Å². The van der Waals surface area contributed by atoms with E-state index in [9.17, 15) is 18.4 Å². The largest absolute Gasteiger partial charge is 0.435 e. The van der Waals surface area contributed by atoms with E-state index in [-0.39, 0.29) is 17.6 Å². The van der Waals surface area contributed by atoms with Gasteiger partial charge in [0, 0.05) is 23.6 Å². The fraction of sp³-hybridized carbons (Fsp3) is 0.300. The molecule has 2 aromatic rings. The standard InChI is InChI=1S/C20H20F2N2O5S/c1-12-16-10-13(18(25)23-30(2)9-8-27-29-30)6-7-17(16)24(19(12)26)14-4-3-5-15(11-14)28-20(21)22/h3-7,10-12,20H,8-9H2,1-2H3,(H,23,25). The third-order valence-electron chi connectivity index (χ3n) is 4.95. The molecule has 2 unspecified atom stereocenters. The smallest absolute Gasteiger partial charge is 0.387 e. The van der Waals surface area contributed by atoms with Crippen molar-refractivity contribution in [2.75, 3.05) is 23.5 Å². The van der Waals surface area contributed by atoms with Crippen molar-refractivity contribution in [3.8, 4) is 5.75 Å². The number of carbonyl (C=O) groups is 2. The molecule has 10 heteroatoms. The van der Waals surface area contributed by atoms with Gasteiger partial charge in [-0.2, -0.15) is 13.1 Å². The minimum absolute atomic E-state index is 0.0394. The molecule has 1 fully saturated rings. The van der Waals surface area contributed by atoms with E-state index < -0.39 is 23.0 Å². The lowest BCUT2D eigenvalue weighted by atomic mass is 10.0. The molecule has 1 saturated heterocycles. The van der Waals surface area contributed by atoms with Gasteiger partial charge in [-0.1, -0.05) is 6.07 Å². The average Bonchev–Trinajstić information content (AvgIpc) is 3.23. The van der Waals surface area contributed by atoms with Crippen molar-refractivity contribution < 1.29 is 32.3 Å². The molecule has 2 aromatic carbocycles. The lowest BCUT2D eigenvalue weighted by molar-refractivity contribution is -0.173. The van der Waals surface area contributed by atoms with Crippen LogP contribution in [-0.2, 0) is 14.0 Å². The molecule has 2 heterocycles. The van der Waals surface area contributed by atoms with Crippen LogP contribution in [-0.4, -0.2) is 37.0 Å². The highest BCUT2D eigenvalue weighted by atomic mass is 32.3. The molecule has 2 atom stereocenters. The van der Waals surface area contributed by atoms with Gasteiger partial charge >= 0.3 is 6.61 Å². The second-order valence-electron chi connectivity index (χ2n) is 7.08. The molecular formula is C20H20F2N2O5S. The first-order valence-electron chi connectivity index (χ1n) is 9.19. The van der Waals surface area contributed by atoms with Crippen molar-refractivity contribution in [2.24, 2.45) is 0 Å². The lowest BCUT2D eigenvalue weighted by Crippen LogP contribution is -2.28. The maximum Gasteiger partial charge on any atom is 0.387 e. The third-order valence-corrected chi connectivity index (χ3v) is 6.91. The number of nitrogens with zero attached hydrogens (tertiary/aromatic N) is 1. The van der Waals surface area contributed by atoms with Gasteiger partial charge in [0.05, 0.1) is 23.9 Å². The number of anilines is 2. The zero-order chi connectivity index (χ0) is 21.5. The summed E-state index contributed by atoms with van der Waals surface area (Å²) in [5.74, 6) is -0.472. The van der Waals surface area contributed by atoms with Gasteiger partial charge in [-0.15, -0.1) is 0 Å². The maximum absolute atomic E-state index is 12.9. The highest BCUT2D eigenvalue weighted by molar-refractivity contribution is 8.28. The van der Waals surface area contributed by atoms with Crippen LogP contribution in [0.5, 0.6) is 5.75 Å². The first kappa shape index (κ1) is 20.6. The number of carbonyl (C=O) groups excluding carboxylic acids is 2. The van der Waals surface area contributed by atoms with E-state index in [1.807, 2.05) is 0 Å². The van der Waals surface area contributed by atoms with Crippen LogP contribution in [0.25, 0.3) is 0 Å². The van der Waals surface area contributed by atoms with E-state index in [0.717, 1.165) is 0 Å². The van der Waals surface area contributed by atoms with E-state index in [1.165, 1.54) is 23.1 Å². The molecule has 1 N–H and O–H groups in total. The maximum atomic E-state index is 12.9. The number of ether oxygens (including phenoxy) is 1. The second kappa shape index (κ2) is 7.86. The number of nitrogens with one attached hydrogen (secondary N) is 1. The lowest BCUT2D eigenvalue weighted by Gasteiger charge is -2.27. The van der Waals surface area contributed by atoms with Crippen LogP contribution in [0.2, 0.25) is 0 Å². The molecule has 0 aromatic heterocycles. The van der Waals surface area contributed by atoms with Crippen molar-refractivity contribution in [1.29, 1.82) is 0 Å². The van der Waals surface area contributed by atoms with E-state index in [1.54, 1.807) is 37.4 Å². The van der Waals surface area contributed by atoms with E-state index in [4.69, 9.17) is 9.22 Å². The number of hydrogen-bond acceptors (Lipinski definition) is 5. The highest BCUT2D eigenvalue weighted by Gasteiger charge is 2.36. The Morgan fingerprint density at radius 1 is 1.30 bits per heavy atom. The van der Waals surface area contributed by atoms with Gasteiger partial charge in [-0.05, 0) is 53.3 Å². The highest BCUT2D eigenvalue weighted by Crippen LogP contribution is 2.46. The number of benzene rings is 2. The quantitative estimate of drug-likeness (QED) is 0.714. The summed E-state index contributed by atoms with van der Waals surface area (Å²) in [6.45, 7) is -0.798. The molecule has 0 bridgehead atoms. The summed E-state index contributed by atoms with van der Waals surface area (Å²) in [4.78, 5) is 31.9. The van der Waals surface area contributed by atoms with Crippen molar-refractivity contribution >= 4 is 33.7 Å². The zero-order valence-corrected chi connectivity index (χ0v) is 17.1. The predicted octanol–water partition coefficient (Wildman–Crippen LogP) is 4.03. The number of alkyl halides is 2. The van der Waals surface area contributed by atoms with Crippen LogP contribution in [0.4, 0.5) is 20.2 Å². The Morgan fingerprint density at radius 3 is 2.80 bits per heavy atom. The van der Waals surface area contributed by atoms with Crippen LogP contribution in [0.15, 0.2) is 42.5 Å². The molecule has 7 nitrogen and oxygen atoms in total. The van der Waals surface area contributed by atoms with Crippen molar-refractivity contribution in [3.63, 3.8) is 0 Å².